The maximum atomic E-state index is 11.6. The summed E-state index contributed by atoms with van der Waals surface area (Å²) in [6.45, 7) is 7.48. The van der Waals surface area contributed by atoms with Crippen LogP contribution in [0.25, 0.3) is 0 Å². The summed E-state index contributed by atoms with van der Waals surface area (Å²) in [5.74, 6) is -0.960. The van der Waals surface area contributed by atoms with Crippen LogP contribution in [0.15, 0.2) is 0 Å². The van der Waals surface area contributed by atoms with Gasteiger partial charge in [-0.25, -0.2) is 4.79 Å². The van der Waals surface area contributed by atoms with Crippen LogP contribution in [0.2, 0.25) is 0 Å². The zero-order chi connectivity index (χ0) is 14.5. The Labute approximate surface area is 115 Å². The number of nitrogens with one attached hydrogen (secondary N) is 2. The molecular formula is C14H26N2O3. The lowest BCUT2D eigenvalue weighted by atomic mass is 9.92. The SMILES string of the molecule is CC(C)(C)CCNC(=O)NCC1CCCC1C(=O)O. The zero-order valence-corrected chi connectivity index (χ0v) is 12.2. The van der Waals surface area contributed by atoms with E-state index in [1.807, 2.05) is 0 Å². The van der Waals surface area contributed by atoms with E-state index in [2.05, 4.69) is 31.4 Å². The average molecular weight is 270 g/mol. The molecule has 2 unspecified atom stereocenters. The summed E-state index contributed by atoms with van der Waals surface area (Å²) in [6, 6.07) is -0.194. The molecule has 1 saturated carbocycles. The number of carbonyl (C=O) groups excluding carboxylic acids is 1. The van der Waals surface area contributed by atoms with Gasteiger partial charge in [-0.05, 0) is 30.6 Å². The molecule has 2 amide bonds. The minimum atomic E-state index is -0.738. The fourth-order valence-electron chi connectivity index (χ4n) is 2.44. The summed E-state index contributed by atoms with van der Waals surface area (Å²) in [6.07, 6.45) is 3.48. The molecule has 0 heterocycles. The molecule has 1 aliphatic carbocycles. The van der Waals surface area contributed by atoms with Crippen molar-refractivity contribution in [1.82, 2.24) is 10.6 Å². The Balaban J connectivity index is 2.21. The molecule has 0 aromatic heterocycles. The first-order chi connectivity index (χ1) is 8.79. The first-order valence-electron chi connectivity index (χ1n) is 7.04. The van der Waals surface area contributed by atoms with Crippen LogP contribution in [0, 0.1) is 17.3 Å². The lowest BCUT2D eigenvalue weighted by molar-refractivity contribution is -0.142. The molecule has 0 spiro atoms. The maximum absolute atomic E-state index is 11.6. The standard InChI is InChI=1S/C14H26N2O3/c1-14(2,3)7-8-15-13(19)16-9-10-5-4-6-11(10)12(17)18/h10-11H,4-9H2,1-3H3,(H,17,18)(H2,15,16,19). The fraction of sp³-hybridized carbons (Fsp3) is 0.857. The van der Waals surface area contributed by atoms with Gasteiger partial charge in [0.1, 0.15) is 0 Å². The second-order valence-corrected chi connectivity index (χ2v) is 6.58. The van der Waals surface area contributed by atoms with Gasteiger partial charge in [0.2, 0.25) is 0 Å². The van der Waals surface area contributed by atoms with Crippen molar-refractivity contribution in [3.63, 3.8) is 0 Å². The number of amides is 2. The highest BCUT2D eigenvalue weighted by Crippen LogP contribution is 2.31. The molecule has 5 nitrogen and oxygen atoms in total. The van der Waals surface area contributed by atoms with Crippen molar-refractivity contribution in [1.29, 1.82) is 0 Å². The van der Waals surface area contributed by atoms with Crippen molar-refractivity contribution < 1.29 is 14.7 Å². The molecule has 110 valence electrons. The van der Waals surface area contributed by atoms with Crippen LogP contribution < -0.4 is 10.6 Å². The van der Waals surface area contributed by atoms with Crippen molar-refractivity contribution in [2.75, 3.05) is 13.1 Å². The summed E-state index contributed by atoms with van der Waals surface area (Å²) in [4.78, 5) is 22.6. The molecule has 0 aromatic rings. The quantitative estimate of drug-likeness (QED) is 0.716. The molecule has 0 aromatic carbocycles. The van der Waals surface area contributed by atoms with Crippen molar-refractivity contribution in [3.8, 4) is 0 Å². The van der Waals surface area contributed by atoms with Gasteiger partial charge in [0.25, 0.3) is 0 Å². The summed E-state index contributed by atoms with van der Waals surface area (Å²) >= 11 is 0. The number of rotatable bonds is 5. The Hall–Kier alpha value is -1.26. The summed E-state index contributed by atoms with van der Waals surface area (Å²) < 4.78 is 0. The molecular weight excluding hydrogens is 244 g/mol. The first-order valence-corrected chi connectivity index (χ1v) is 7.04. The molecule has 1 aliphatic rings. The topological polar surface area (TPSA) is 78.4 Å². The fourth-order valence-corrected chi connectivity index (χ4v) is 2.44. The highest BCUT2D eigenvalue weighted by Gasteiger charge is 2.32. The molecule has 2 atom stereocenters. The number of carboxylic acids is 1. The minimum Gasteiger partial charge on any atom is -0.481 e. The van der Waals surface area contributed by atoms with Crippen molar-refractivity contribution in [2.24, 2.45) is 17.3 Å². The number of carbonyl (C=O) groups is 2. The first kappa shape index (κ1) is 15.8. The van der Waals surface area contributed by atoms with Gasteiger partial charge in [-0.15, -0.1) is 0 Å². The Morgan fingerprint density at radius 3 is 2.47 bits per heavy atom. The van der Waals surface area contributed by atoms with E-state index >= 15 is 0 Å². The smallest absolute Gasteiger partial charge is 0.314 e. The highest BCUT2D eigenvalue weighted by atomic mass is 16.4. The Kier molecular flexibility index (Phi) is 5.63. The number of urea groups is 1. The van der Waals surface area contributed by atoms with Crippen molar-refractivity contribution in [2.45, 2.75) is 46.5 Å². The van der Waals surface area contributed by atoms with E-state index in [4.69, 9.17) is 5.11 Å². The zero-order valence-electron chi connectivity index (χ0n) is 12.2. The van der Waals surface area contributed by atoms with Gasteiger partial charge in [0.05, 0.1) is 5.92 Å². The van der Waals surface area contributed by atoms with Crippen LogP contribution in [-0.2, 0) is 4.79 Å². The van der Waals surface area contributed by atoms with Crippen LogP contribution in [0.1, 0.15) is 46.5 Å². The van der Waals surface area contributed by atoms with E-state index in [-0.39, 0.29) is 23.3 Å². The number of carboxylic acid groups (broad SMARTS) is 1. The van der Waals surface area contributed by atoms with Gasteiger partial charge < -0.3 is 15.7 Å². The van der Waals surface area contributed by atoms with Gasteiger partial charge in [0.15, 0.2) is 0 Å². The van der Waals surface area contributed by atoms with E-state index < -0.39 is 5.97 Å². The molecule has 1 fully saturated rings. The second-order valence-electron chi connectivity index (χ2n) is 6.58. The van der Waals surface area contributed by atoms with Crippen LogP contribution >= 0.6 is 0 Å². The van der Waals surface area contributed by atoms with Gasteiger partial charge in [-0.3, -0.25) is 4.79 Å². The van der Waals surface area contributed by atoms with E-state index in [1.165, 1.54) is 0 Å². The Morgan fingerprint density at radius 1 is 1.21 bits per heavy atom. The van der Waals surface area contributed by atoms with Crippen LogP contribution in [0.5, 0.6) is 0 Å². The normalized spacial score (nSPS) is 23.1. The van der Waals surface area contributed by atoms with Crippen molar-refractivity contribution in [3.05, 3.63) is 0 Å². The molecule has 0 saturated heterocycles. The molecule has 1 rings (SSSR count). The monoisotopic (exact) mass is 270 g/mol. The van der Waals surface area contributed by atoms with Crippen LogP contribution in [0.3, 0.4) is 0 Å². The van der Waals surface area contributed by atoms with Gasteiger partial charge in [0, 0.05) is 13.1 Å². The number of hydrogen-bond acceptors (Lipinski definition) is 2. The molecule has 0 radical (unpaired) electrons. The van der Waals surface area contributed by atoms with Gasteiger partial charge in [-0.1, -0.05) is 27.2 Å². The summed E-state index contributed by atoms with van der Waals surface area (Å²) in [5, 5.41) is 14.6. The van der Waals surface area contributed by atoms with Crippen LogP contribution in [0.4, 0.5) is 4.79 Å². The minimum absolute atomic E-state index is 0.0749. The van der Waals surface area contributed by atoms with Gasteiger partial charge >= 0.3 is 12.0 Å². The molecule has 3 N–H and O–H groups in total. The van der Waals surface area contributed by atoms with E-state index in [1.54, 1.807) is 0 Å². The third-order valence-corrected chi connectivity index (χ3v) is 3.66. The molecule has 0 bridgehead atoms. The largest absolute Gasteiger partial charge is 0.481 e. The summed E-state index contributed by atoms with van der Waals surface area (Å²) in [7, 11) is 0. The average Bonchev–Trinajstić information content (AvgIpc) is 2.72. The lowest BCUT2D eigenvalue weighted by Crippen LogP contribution is -2.40. The predicted octanol–water partition coefficient (Wildman–Crippen LogP) is 2.22. The Morgan fingerprint density at radius 2 is 1.89 bits per heavy atom. The lowest BCUT2D eigenvalue weighted by Gasteiger charge is -2.19. The second kappa shape index (κ2) is 6.78. The maximum Gasteiger partial charge on any atom is 0.314 e. The Bertz CT molecular complexity index is 323. The van der Waals surface area contributed by atoms with Crippen molar-refractivity contribution >= 4 is 12.0 Å². The van der Waals surface area contributed by atoms with Gasteiger partial charge in [-0.2, -0.15) is 0 Å². The number of hydrogen-bond donors (Lipinski definition) is 3. The number of aliphatic carboxylic acids is 1. The third-order valence-electron chi connectivity index (χ3n) is 3.66. The highest BCUT2D eigenvalue weighted by molar-refractivity contribution is 5.74. The van der Waals surface area contributed by atoms with E-state index in [9.17, 15) is 9.59 Å². The molecule has 5 heteroatoms. The third kappa shape index (κ3) is 5.94. The molecule has 19 heavy (non-hydrogen) atoms. The molecule has 0 aliphatic heterocycles. The van der Waals surface area contributed by atoms with Crippen LogP contribution in [-0.4, -0.2) is 30.2 Å². The van der Waals surface area contributed by atoms with E-state index in [0.717, 1.165) is 25.7 Å². The summed E-state index contributed by atoms with van der Waals surface area (Å²) in [5.41, 5.74) is 0.202. The van der Waals surface area contributed by atoms with E-state index in [0.29, 0.717) is 13.1 Å². The predicted molar refractivity (Wildman–Crippen MR) is 73.9 cm³/mol.